The number of hydrogen-bond donors (Lipinski definition) is 1. The molecule has 0 spiro atoms. The van der Waals surface area contributed by atoms with Gasteiger partial charge < -0.3 is 19.7 Å². The van der Waals surface area contributed by atoms with E-state index in [1.165, 1.54) is 5.56 Å². The zero-order chi connectivity index (χ0) is 20.6. The third kappa shape index (κ3) is 5.95. The van der Waals surface area contributed by atoms with Crippen LogP contribution in [0.25, 0.3) is 0 Å². The number of carbonyl (C=O) groups excluding carboxylic acids is 1. The molecule has 0 unspecified atom stereocenters. The molecule has 1 N–H and O–H groups in total. The third-order valence-corrected chi connectivity index (χ3v) is 5.50. The number of nitrogens with one attached hydrogen (secondary N) is 1. The number of benzene rings is 2. The summed E-state index contributed by atoms with van der Waals surface area (Å²) in [7, 11) is 5.46. The van der Waals surface area contributed by atoms with Gasteiger partial charge in [0, 0.05) is 32.7 Å². The maximum absolute atomic E-state index is 12.5. The third-order valence-electron chi connectivity index (χ3n) is 5.50. The average molecular weight is 398 g/mol. The first kappa shape index (κ1) is 21.1. The van der Waals surface area contributed by atoms with Crippen LogP contribution < -0.4 is 14.8 Å². The van der Waals surface area contributed by atoms with Crippen molar-refractivity contribution < 1.29 is 14.3 Å². The summed E-state index contributed by atoms with van der Waals surface area (Å²) < 4.78 is 10.5. The fourth-order valence-corrected chi connectivity index (χ4v) is 3.62. The summed E-state index contributed by atoms with van der Waals surface area (Å²) in [5.74, 6) is 1.67. The standard InChI is InChI=1S/C23H31N3O3/c1-25-12-14-26(15-13-25)22(19-6-10-21(29-3)11-7-19)17-24-23(27)16-18-4-8-20(28-2)9-5-18/h4-11,22H,12-17H2,1-3H3,(H,24,27)/t22-/m0/s1. The molecule has 156 valence electrons. The van der Waals surface area contributed by atoms with Crippen molar-refractivity contribution in [1.82, 2.24) is 15.1 Å². The first-order valence-electron chi connectivity index (χ1n) is 10.0. The number of nitrogens with zero attached hydrogens (tertiary/aromatic N) is 2. The van der Waals surface area contributed by atoms with Crippen molar-refractivity contribution in [3.63, 3.8) is 0 Å². The van der Waals surface area contributed by atoms with Crippen LogP contribution in [0.2, 0.25) is 0 Å². The summed E-state index contributed by atoms with van der Waals surface area (Å²) in [5, 5.41) is 3.14. The monoisotopic (exact) mass is 397 g/mol. The Kier molecular flexibility index (Phi) is 7.49. The van der Waals surface area contributed by atoms with Crippen LogP contribution in [0.4, 0.5) is 0 Å². The quantitative estimate of drug-likeness (QED) is 0.741. The highest BCUT2D eigenvalue weighted by molar-refractivity contribution is 5.78. The number of likely N-dealkylation sites (N-methyl/N-ethyl adjacent to an activating group) is 1. The van der Waals surface area contributed by atoms with E-state index in [1.807, 2.05) is 36.4 Å². The van der Waals surface area contributed by atoms with Crippen LogP contribution in [-0.2, 0) is 11.2 Å². The molecular formula is C23H31N3O3. The van der Waals surface area contributed by atoms with Crippen LogP contribution in [0.1, 0.15) is 17.2 Å². The Morgan fingerprint density at radius 3 is 2.03 bits per heavy atom. The van der Waals surface area contributed by atoms with Crippen molar-refractivity contribution in [2.75, 3.05) is 54.0 Å². The van der Waals surface area contributed by atoms with Gasteiger partial charge in [0.25, 0.3) is 0 Å². The second-order valence-electron chi connectivity index (χ2n) is 7.46. The summed E-state index contributed by atoms with van der Waals surface area (Å²) in [6.45, 7) is 4.63. The van der Waals surface area contributed by atoms with E-state index in [2.05, 4.69) is 34.3 Å². The molecule has 1 aliphatic rings. The van der Waals surface area contributed by atoms with Gasteiger partial charge in [0.05, 0.1) is 26.7 Å². The lowest BCUT2D eigenvalue weighted by molar-refractivity contribution is -0.120. The maximum Gasteiger partial charge on any atom is 0.224 e. The van der Waals surface area contributed by atoms with Crippen molar-refractivity contribution in [3.05, 3.63) is 59.7 Å². The van der Waals surface area contributed by atoms with E-state index in [0.717, 1.165) is 43.2 Å². The molecule has 1 saturated heterocycles. The largest absolute Gasteiger partial charge is 0.497 e. The van der Waals surface area contributed by atoms with Gasteiger partial charge in [0.15, 0.2) is 0 Å². The fourth-order valence-electron chi connectivity index (χ4n) is 3.62. The summed E-state index contributed by atoms with van der Waals surface area (Å²) in [6, 6.07) is 15.9. The predicted octanol–water partition coefficient (Wildman–Crippen LogP) is 2.35. The van der Waals surface area contributed by atoms with Gasteiger partial charge in [-0.2, -0.15) is 0 Å². The smallest absolute Gasteiger partial charge is 0.224 e. The van der Waals surface area contributed by atoms with E-state index in [-0.39, 0.29) is 11.9 Å². The van der Waals surface area contributed by atoms with Crippen LogP contribution in [-0.4, -0.2) is 69.7 Å². The second-order valence-corrected chi connectivity index (χ2v) is 7.46. The Balaban J connectivity index is 1.64. The van der Waals surface area contributed by atoms with E-state index in [4.69, 9.17) is 9.47 Å². The molecule has 0 saturated carbocycles. The Morgan fingerprint density at radius 1 is 0.931 bits per heavy atom. The van der Waals surface area contributed by atoms with Crippen LogP contribution >= 0.6 is 0 Å². The molecule has 1 amide bonds. The summed E-state index contributed by atoms with van der Waals surface area (Å²) in [4.78, 5) is 17.3. The van der Waals surface area contributed by atoms with Crippen LogP contribution in [0.3, 0.4) is 0 Å². The van der Waals surface area contributed by atoms with E-state index in [0.29, 0.717) is 13.0 Å². The highest BCUT2D eigenvalue weighted by Gasteiger charge is 2.24. The van der Waals surface area contributed by atoms with Crippen LogP contribution in [0.15, 0.2) is 48.5 Å². The van der Waals surface area contributed by atoms with Crippen molar-refractivity contribution in [2.45, 2.75) is 12.5 Å². The predicted molar refractivity (Wildman–Crippen MR) is 115 cm³/mol. The minimum atomic E-state index is 0.0304. The topological polar surface area (TPSA) is 54.0 Å². The molecule has 1 fully saturated rings. The number of piperazine rings is 1. The molecule has 3 rings (SSSR count). The van der Waals surface area contributed by atoms with E-state index >= 15 is 0 Å². The SMILES string of the molecule is COc1ccc(CC(=O)NC[C@@H](c2ccc(OC)cc2)N2CCN(C)CC2)cc1. The molecular weight excluding hydrogens is 366 g/mol. The zero-order valence-corrected chi connectivity index (χ0v) is 17.6. The number of carbonyl (C=O) groups is 1. The average Bonchev–Trinajstić information content (AvgIpc) is 2.76. The second kappa shape index (κ2) is 10.3. The van der Waals surface area contributed by atoms with Crippen molar-refractivity contribution >= 4 is 5.91 Å². The van der Waals surface area contributed by atoms with Gasteiger partial charge in [-0.05, 0) is 42.4 Å². The Hall–Kier alpha value is -2.57. The molecule has 6 nitrogen and oxygen atoms in total. The lowest BCUT2D eigenvalue weighted by Crippen LogP contribution is -2.48. The molecule has 0 radical (unpaired) electrons. The van der Waals surface area contributed by atoms with Crippen molar-refractivity contribution in [1.29, 1.82) is 0 Å². The molecule has 0 bridgehead atoms. The maximum atomic E-state index is 12.5. The van der Waals surface area contributed by atoms with Gasteiger partial charge in [0.1, 0.15) is 11.5 Å². The molecule has 6 heteroatoms. The van der Waals surface area contributed by atoms with Gasteiger partial charge in [-0.1, -0.05) is 24.3 Å². The van der Waals surface area contributed by atoms with Crippen LogP contribution in [0, 0.1) is 0 Å². The summed E-state index contributed by atoms with van der Waals surface area (Å²) >= 11 is 0. The minimum absolute atomic E-state index is 0.0304. The normalized spacial score (nSPS) is 16.2. The van der Waals surface area contributed by atoms with Crippen molar-refractivity contribution in [2.24, 2.45) is 0 Å². The molecule has 0 aromatic heterocycles. The van der Waals surface area contributed by atoms with Gasteiger partial charge >= 0.3 is 0 Å². The van der Waals surface area contributed by atoms with Gasteiger partial charge in [-0.3, -0.25) is 9.69 Å². The Bertz CT molecular complexity index is 769. The number of amides is 1. The number of ether oxygens (including phenoxy) is 2. The molecule has 1 atom stereocenters. The summed E-state index contributed by atoms with van der Waals surface area (Å²) in [5.41, 5.74) is 2.17. The first-order chi connectivity index (χ1) is 14.1. The first-order valence-corrected chi connectivity index (χ1v) is 10.0. The molecule has 2 aromatic rings. The van der Waals surface area contributed by atoms with Gasteiger partial charge in [-0.15, -0.1) is 0 Å². The fraction of sp³-hybridized carbons (Fsp3) is 0.435. The lowest BCUT2D eigenvalue weighted by atomic mass is 10.0. The minimum Gasteiger partial charge on any atom is -0.497 e. The van der Waals surface area contributed by atoms with E-state index in [9.17, 15) is 4.79 Å². The van der Waals surface area contributed by atoms with Crippen LogP contribution in [0.5, 0.6) is 11.5 Å². The molecule has 1 aliphatic heterocycles. The van der Waals surface area contributed by atoms with Gasteiger partial charge in [-0.25, -0.2) is 0 Å². The Morgan fingerprint density at radius 2 is 1.48 bits per heavy atom. The summed E-state index contributed by atoms with van der Waals surface area (Å²) in [6.07, 6.45) is 0.363. The number of rotatable bonds is 8. The molecule has 29 heavy (non-hydrogen) atoms. The Labute approximate surface area is 173 Å². The number of hydrogen-bond acceptors (Lipinski definition) is 5. The number of methoxy groups -OCH3 is 2. The molecule has 2 aromatic carbocycles. The molecule has 0 aliphatic carbocycles. The lowest BCUT2D eigenvalue weighted by Gasteiger charge is -2.38. The van der Waals surface area contributed by atoms with Gasteiger partial charge in [0.2, 0.25) is 5.91 Å². The zero-order valence-electron chi connectivity index (χ0n) is 17.6. The highest BCUT2D eigenvalue weighted by atomic mass is 16.5. The van der Waals surface area contributed by atoms with E-state index in [1.54, 1.807) is 14.2 Å². The molecule has 1 heterocycles. The highest BCUT2D eigenvalue weighted by Crippen LogP contribution is 2.24. The van der Waals surface area contributed by atoms with Crippen molar-refractivity contribution in [3.8, 4) is 11.5 Å². The van der Waals surface area contributed by atoms with E-state index < -0.39 is 0 Å².